The molecule has 0 saturated carbocycles. The van der Waals surface area contributed by atoms with E-state index < -0.39 is 10.7 Å². The van der Waals surface area contributed by atoms with E-state index in [1.807, 2.05) is 0 Å². The van der Waals surface area contributed by atoms with Crippen LogP contribution >= 0.6 is 0 Å². The summed E-state index contributed by atoms with van der Waals surface area (Å²) >= 11 is 0. The Labute approximate surface area is 152 Å². The van der Waals surface area contributed by atoms with E-state index in [0.717, 1.165) is 19.3 Å². The van der Waals surface area contributed by atoms with Crippen LogP contribution in [0, 0.1) is 15.9 Å². The molecule has 2 aromatic heterocycles. The normalized spacial score (nSPS) is 17.5. The fourth-order valence-corrected chi connectivity index (χ4v) is 3.26. The highest BCUT2D eigenvalue weighted by Crippen LogP contribution is 2.32. The average molecular weight is 375 g/mol. The standard InChI is InChI=1S/C17H18FN5O4/c18-11-8-13-12(7-10(11)4-5-24)19-17(20-13)16-14(23(25)26)9-22(21-16)15-3-1-2-6-27-15/h7-9,15,24H,1-6H2,(H,19,20). The summed E-state index contributed by atoms with van der Waals surface area (Å²) in [7, 11) is 0. The van der Waals surface area contributed by atoms with Gasteiger partial charge in [-0.05, 0) is 37.3 Å². The van der Waals surface area contributed by atoms with Crippen molar-refractivity contribution in [1.29, 1.82) is 0 Å². The van der Waals surface area contributed by atoms with E-state index in [0.29, 0.717) is 23.2 Å². The van der Waals surface area contributed by atoms with Gasteiger partial charge in [0.05, 0.1) is 16.0 Å². The molecule has 2 N–H and O–H groups in total. The maximum absolute atomic E-state index is 14.1. The van der Waals surface area contributed by atoms with Gasteiger partial charge in [-0.3, -0.25) is 10.1 Å². The maximum atomic E-state index is 14.1. The smallest absolute Gasteiger partial charge is 0.318 e. The molecule has 3 aromatic rings. The van der Waals surface area contributed by atoms with E-state index in [9.17, 15) is 14.5 Å². The SMILES string of the molecule is O=[N+]([O-])c1cn(C2CCCCO2)nc1-c1nc2cc(F)c(CCO)cc2[nH]1. The zero-order valence-electron chi connectivity index (χ0n) is 14.4. The number of aromatic amines is 1. The molecule has 10 heteroatoms. The number of nitrogens with one attached hydrogen (secondary N) is 1. The van der Waals surface area contributed by atoms with Crippen LogP contribution in [0.1, 0.15) is 31.1 Å². The lowest BCUT2D eigenvalue weighted by molar-refractivity contribution is -0.384. The van der Waals surface area contributed by atoms with E-state index in [-0.39, 0.29) is 36.5 Å². The Morgan fingerprint density at radius 3 is 3.00 bits per heavy atom. The van der Waals surface area contributed by atoms with Gasteiger partial charge in [-0.15, -0.1) is 0 Å². The second-order valence-corrected chi connectivity index (χ2v) is 6.44. The number of aliphatic hydroxyl groups excluding tert-OH is 1. The topological polar surface area (TPSA) is 119 Å². The van der Waals surface area contributed by atoms with E-state index >= 15 is 0 Å². The van der Waals surface area contributed by atoms with Gasteiger partial charge >= 0.3 is 5.69 Å². The molecule has 1 aromatic carbocycles. The molecule has 27 heavy (non-hydrogen) atoms. The van der Waals surface area contributed by atoms with Crippen LogP contribution in [0.5, 0.6) is 0 Å². The molecule has 0 spiro atoms. The van der Waals surface area contributed by atoms with Crippen molar-refractivity contribution >= 4 is 16.7 Å². The number of nitrogens with zero attached hydrogens (tertiary/aromatic N) is 4. The van der Waals surface area contributed by atoms with Crippen LogP contribution in [0.25, 0.3) is 22.6 Å². The number of halogens is 1. The third kappa shape index (κ3) is 3.28. The molecule has 1 saturated heterocycles. The first-order chi connectivity index (χ1) is 13.1. The van der Waals surface area contributed by atoms with Crippen molar-refractivity contribution in [2.24, 2.45) is 0 Å². The summed E-state index contributed by atoms with van der Waals surface area (Å²) in [6.07, 6.45) is 3.82. The molecule has 1 fully saturated rings. The number of H-pyrrole nitrogens is 1. The lowest BCUT2D eigenvalue weighted by atomic mass is 10.1. The van der Waals surface area contributed by atoms with Crippen molar-refractivity contribution in [3.05, 3.63) is 39.8 Å². The van der Waals surface area contributed by atoms with Crippen LogP contribution in [0.15, 0.2) is 18.3 Å². The number of benzene rings is 1. The van der Waals surface area contributed by atoms with E-state index in [1.54, 1.807) is 6.07 Å². The maximum Gasteiger partial charge on any atom is 0.318 e. The quantitative estimate of drug-likeness (QED) is 0.523. The largest absolute Gasteiger partial charge is 0.396 e. The Hall–Kier alpha value is -2.85. The first-order valence-electron chi connectivity index (χ1n) is 8.71. The number of ether oxygens (including phenoxy) is 1. The minimum absolute atomic E-state index is 0.0782. The fourth-order valence-electron chi connectivity index (χ4n) is 3.26. The molecule has 0 amide bonds. The van der Waals surface area contributed by atoms with Gasteiger partial charge in [0, 0.05) is 19.3 Å². The van der Waals surface area contributed by atoms with E-state index in [2.05, 4.69) is 15.1 Å². The van der Waals surface area contributed by atoms with Gasteiger partial charge in [-0.2, -0.15) is 5.10 Å². The predicted octanol–water partition coefficient (Wildman–Crippen LogP) is 2.71. The summed E-state index contributed by atoms with van der Waals surface area (Å²) in [6, 6.07) is 2.79. The summed E-state index contributed by atoms with van der Waals surface area (Å²) in [6.45, 7) is 0.409. The summed E-state index contributed by atoms with van der Waals surface area (Å²) in [5.41, 5.74) is 1.08. The van der Waals surface area contributed by atoms with Crippen LogP contribution in [-0.2, 0) is 11.2 Å². The van der Waals surface area contributed by atoms with Crippen molar-refractivity contribution in [2.45, 2.75) is 31.9 Å². The van der Waals surface area contributed by atoms with Crippen molar-refractivity contribution in [1.82, 2.24) is 19.7 Å². The lowest BCUT2D eigenvalue weighted by Gasteiger charge is -2.22. The number of nitro groups is 1. The molecule has 1 aliphatic rings. The molecule has 0 aliphatic carbocycles. The lowest BCUT2D eigenvalue weighted by Crippen LogP contribution is -2.18. The minimum atomic E-state index is -0.521. The molecule has 9 nitrogen and oxygen atoms in total. The Kier molecular flexibility index (Phi) is 4.58. The van der Waals surface area contributed by atoms with Gasteiger partial charge in [0.1, 0.15) is 18.2 Å². The Bertz CT molecular complexity index is 993. The number of aromatic nitrogens is 4. The molecule has 1 aliphatic heterocycles. The molecule has 1 unspecified atom stereocenters. The summed E-state index contributed by atoms with van der Waals surface area (Å²) in [5, 5.41) is 24.8. The van der Waals surface area contributed by atoms with Crippen molar-refractivity contribution in [3.63, 3.8) is 0 Å². The van der Waals surface area contributed by atoms with Crippen LogP contribution in [0.3, 0.4) is 0 Å². The second kappa shape index (κ2) is 7.05. The number of fused-ring (bicyclic) bond motifs is 1. The highest BCUT2D eigenvalue weighted by molar-refractivity contribution is 5.81. The van der Waals surface area contributed by atoms with Crippen LogP contribution in [0.4, 0.5) is 10.1 Å². The zero-order chi connectivity index (χ0) is 19.0. The van der Waals surface area contributed by atoms with E-state index in [1.165, 1.54) is 16.9 Å². The van der Waals surface area contributed by atoms with Gasteiger partial charge in [0.25, 0.3) is 0 Å². The predicted molar refractivity (Wildman–Crippen MR) is 93.6 cm³/mol. The fraction of sp³-hybridized carbons (Fsp3) is 0.412. The minimum Gasteiger partial charge on any atom is -0.396 e. The highest BCUT2D eigenvalue weighted by Gasteiger charge is 2.27. The van der Waals surface area contributed by atoms with Gasteiger partial charge in [0.15, 0.2) is 5.82 Å². The second-order valence-electron chi connectivity index (χ2n) is 6.44. The third-order valence-corrected chi connectivity index (χ3v) is 4.62. The van der Waals surface area contributed by atoms with Crippen LogP contribution in [0.2, 0.25) is 0 Å². The van der Waals surface area contributed by atoms with Crippen LogP contribution < -0.4 is 0 Å². The zero-order valence-corrected chi connectivity index (χ0v) is 14.4. The van der Waals surface area contributed by atoms with Crippen molar-refractivity contribution < 1.29 is 19.2 Å². The molecule has 0 radical (unpaired) electrons. The molecule has 4 rings (SSSR count). The summed E-state index contributed by atoms with van der Waals surface area (Å²) in [5.74, 6) is -0.294. The highest BCUT2D eigenvalue weighted by atomic mass is 19.1. The van der Waals surface area contributed by atoms with Gasteiger partial charge in [0.2, 0.25) is 5.69 Å². The summed E-state index contributed by atoms with van der Waals surface area (Å²) in [4.78, 5) is 18.2. The summed E-state index contributed by atoms with van der Waals surface area (Å²) < 4.78 is 21.2. The molecule has 0 bridgehead atoms. The Balaban J connectivity index is 1.77. The molecular formula is C17H18FN5O4. The first-order valence-corrected chi connectivity index (χ1v) is 8.71. The van der Waals surface area contributed by atoms with Gasteiger partial charge in [-0.1, -0.05) is 0 Å². The monoisotopic (exact) mass is 375 g/mol. The number of rotatable bonds is 5. The number of aliphatic hydroxyl groups is 1. The van der Waals surface area contributed by atoms with Crippen LogP contribution in [-0.4, -0.2) is 43.0 Å². The molecule has 3 heterocycles. The first kappa shape index (κ1) is 17.6. The van der Waals surface area contributed by atoms with Crippen molar-refractivity contribution in [3.8, 4) is 11.5 Å². The molecule has 1 atom stereocenters. The average Bonchev–Trinajstić information content (AvgIpc) is 3.27. The van der Waals surface area contributed by atoms with Gasteiger partial charge < -0.3 is 14.8 Å². The number of hydrogen-bond acceptors (Lipinski definition) is 6. The van der Waals surface area contributed by atoms with Crippen molar-refractivity contribution in [2.75, 3.05) is 13.2 Å². The molecular weight excluding hydrogens is 357 g/mol. The number of hydrogen-bond donors (Lipinski definition) is 2. The third-order valence-electron chi connectivity index (χ3n) is 4.62. The molecule has 142 valence electrons. The Morgan fingerprint density at radius 2 is 2.30 bits per heavy atom. The van der Waals surface area contributed by atoms with Gasteiger partial charge in [-0.25, -0.2) is 14.1 Å². The van der Waals surface area contributed by atoms with E-state index in [4.69, 9.17) is 9.84 Å². The Morgan fingerprint density at radius 1 is 1.44 bits per heavy atom. The number of imidazole rings is 1.